The van der Waals surface area contributed by atoms with Crippen molar-refractivity contribution in [2.75, 3.05) is 67.0 Å². The molecule has 0 saturated carbocycles. The summed E-state index contributed by atoms with van der Waals surface area (Å²) in [5.74, 6) is 0.556. The fourth-order valence-electron chi connectivity index (χ4n) is 7.56. The smallest absolute Gasteiger partial charge is 0.295 e. The normalized spacial score (nSPS) is 16.7. The Morgan fingerprint density at radius 3 is 1.32 bits per heavy atom. The van der Waals surface area contributed by atoms with Crippen molar-refractivity contribution in [3.63, 3.8) is 0 Å². The second kappa shape index (κ2) is 24.0. The largest absolute Gasteiger partial charge is 0.442 e. The lowest BCUT2D eigenvalue weighted by molar-refractivity contribution is -0.115. The molecule has 1 aromatic carbocycles. The number of carbonyl (C=O) groups is 3. The van der Waals surface area contributed by atoms with Crippen molar-refractivity contribution < 1.29 is 63.3 Å². The molecular formula is C47H64N10O13S6. The van der Waals surface area contributed by atoms with Gasteiger partial charge in [-0.05, 0) is 90.2 Å². The Morgan fingerprint density at radius 1 is 0.553 bits per heavy atom. The van der Waals surface area contributed by atoms with Crippen LogP contribution < -0.4 is 20.7 Å². The number of furan rings is 3. The van der Waals surface area contributed by atoms with Gasteiger partial charge in [-0.15, -0.1) is 0 Å². The number of piperazine rings is 1. The van der Waals surface area contributed by atoms with Gasteiger partial charge in [0.1, 0.15) is 17.3 Å². The highest BCUT2D eigenvalue weighted by Crippen LogP contribution is 2.38. The van der Waals surface area contributed by atoms with Crippen molar-refractivity contribution in [3.8, 4) is 31.9 Å². The van der Waals surface area contributed by atoms with Crippen LogP contribution in [-0.2, 0) is 49.2 Å². The average molecular weight is 1170 g/mol. The number of likely N-dealkylation sites (N-methyl/N-ethyl adjacent to an activating group) is 1. The molecule has 6 aromatic heterocycles. The molecule has 23 nitrogen and oxygen atoms in total. The van der Waals surface area contributed by atoms with Crippen molar-refractivity contribution in [1.82, 2.24) is 28.5 Å². The number of aromatic nitrogens is 3. The molecule has 0 bridgehead atoms. The molecule has 4 N–H and O–H groups in total. The molecular weight excluding hydrogens is 1100 g/mol. The van der Waals surface area contributed by atoms with Crippen LogP contribution in [0.4, 0.5) is 21.1 Å². The second-order valence-electron chi connectivity index (χ2n) is 17.5. The van der Waals surface area contributed by atoms with E-state index in [4.69, 9.17) is 18.0 Å². The third-order valence-electron chi connectivity index (χ3n) is 11.0. The second-order valence-corrected chi connectivity index (χ2v) is 25.8. The van der Waals surface area contributed by atoms with Gasteiger partial charge in [-0.3, -0.25) is 19.1 Å². The van der Waals surface area contributed by atoms with E-state index in [1.807, 2.05) is 20.9 Å². The molecule has 2 atom stereocenters. The van der Waals surface area contributed by atoms with Crippen molar-refractivity contribution in [2.24, 2.45) is 0 Å². The number of carbonyl (C=O) groups excluding carboxylic acids is 3. The third-order valence-corrected chi connectivity index (χ3v) is 19.0. The van der Waals surface area contributed by atoms with Crippen molar-refractivity contribution in [2.45, 2.75) is 82.9 Å². The summed E-state index contributed by atoms with van der Waals surface area (Å²) in [6, 6.07) is 17.7. The van der Waals surface area contributed by atoms with Crippen LogP contribution >= 0.6 is 34.0 Å². The highest BCUT2D eigenvalue weighted by Gasteiger charge is 2.35. The molecule has 2 saturated heterocycles. The van der Waals surface area contributed by atoms with Crippen LogP contribution in [0.15, 0.2) is 95.3 Å². The molecule has 2 aliphatic rings. The van der Waals surface area contributed by atoms with E-state index in [1.165, 1.54) is 81.6 Å². The number of hydrogen-bond acceptors (Lipinski definition) is 20. The lowest BCUT2D eigenvalue weighted by atomic mass is 10.3. The van der Waals surface area contributed by atoms with E-state index in [1.54, 1.807) is 69.3 Å². The maximum atomic E-state index is 12.9. The van der Waals surface area contributed by atoms with Gasteiger partial charge in [-0.25, -0.2) is 31.8 Å². The van der Waals surface area contributed by atoms with Crippen LogP contribution in [0, 0.1) is 20.8 Å². The lowest BCUT2D eigenvalue weighted by Gasteiger charge is -2.33. The number of para-hydroxylation sites is 1. The highest BCUT2D eigenvalue weighted by atomic mass is 32.2. The van der Waals surface area contributed by atoms with Gasteiger partial charge in [0.15, 0.2) is 15.4 Å². The van der Waals surface area contributed by atoms with Gasteiger partial charge >= 0.3 is 0 Å². The summed E-state index contributed by atoms with van der Waals surface area (Å²) in [5, 5.41) is 8.81. The Hall–Kier alpha value is -6.15. The maximum absolute atomic E-state index is 12.9. The Kier molecular flexibility index (Phi) is 18.2. The maximum Gasteiger partial charge on any atom is 0.295 e. The lowest BCUT2D eigenvalue weighted by Crippen LogP contribution is -2.47. The van der Waals surface area contributed by atoms with Crippen molar-refractivity contribution in [3.05, 3.63) is 83.8 Å². The number of nitrogens with zero attached hydrogens (tertiary/aromatic N) is 6. The Morgan fingerprint density at radius 2 is 0.921 bits per heavy atom. The highest BCUT2D eigenvalue weighted by molar-refractivity contribution is 7.92. The predicted molar refractivity (Wildman–Crippen MR) is 297 cm³/mol. The van der Waals surface area contributed by atoms with Gasteiger partial charge in [0.2, 0.25) is 33.0 Å². The van der Waals surface area contributed by atoms with Gasteiger partial charge in [-0.1, -0.05) is 52.2 Å². The fourth-order valence-corrected chi connectivity index (χ4v) is 14.3. The third kappa shape index (κ3) is 14.3. The summed E-state index contributed by atoms with van der Waals surface area (Å²) >= 11 is 3.70. The molecule has 0 radical (unpaired) electrons. The van der Waals surface area contributed by atoms with E-state index < -0.39 is 30.1 Å². The number of sulfonamides is 3. The molecule has 29 heteroatoms. The number of nitrogens with one attached hydrogen (secondary N) is 4. The van der Waals surface area contributed by atoms with Crippen LogP contribution in [0.2, 0.25) is 0 Å². The van der Waals surface area contributed by atoms with Crippen molar-refractivity contribution >= 4 is 103 Å². The molecule has 8 heterocycles. The topological polar surface area (TPSA) is 299 Å². The molecule has 416 valence electrons. The quantitative estimate of drug-likeness (QED) is 0.0840. The first-order chi connectivity index (χ1) is 35.8. The first-order valence-corrected chi connectivity index (χ1v) is 30.1. The van der Waals surface area contributed by atoms with E-state index in [0.29, 0.717) is 96.3 Å². The predicted octanol–water partition coefficient (Wildman–Crippen LogP) is 8.53. The van der Waals surface area contributed by atoms with E-state index in [9.17, 15) is 39.6 Å². The molecule has 2 fully saturated rings. The number of aryl methyl sites for hydroxylation is 3. The summed E-state index contributed by atoms with van der Waals surface area (Å²) in [7, 11) is -9.24. The van der Waals surface area contributed by atoms with Gasteiger partial charge in [-0.2, -0.15) is 17.0 Å². The zero-order chi connectivity index (χ0) is 55.3. The molecule has 3 amide bonds. The number of benzene rings is 1. The van der Waals surface area contributed by atoms with Gasteiger partial charge < -0.3 is 38.8 Å². The summed E-state index contributed by atoms with van der Waals surface area (Å²) in [5.41, 5.74) is 2.42. The number of morpholine rings is 1. The summed E-state index contributed by atoms with van der Waals surface area (Å²) in [4.78, 5) is 50.3. The minimum absolute atomic E-state index is 0. The van der Waals surface area contributed by atoms with Gasteiger partial charge in [0, 0.05) is 71.4 Å². The number of anilines is 4. The summed E-state index contributed by atoms with van der Waals surface area (Å²) in [6.07, 6.45) is -0.348. The number of hydrogen-bond donors (Lipinski definition) is 4. The number of thiazole rings is 3. The fraction of sp³-hybridized carbons (Fsp3) is 0.362. The van der Waals surface area contributed by atoms with E-state index in [2.05, 4.69) is 40.5 Å². The van der Waals surface area contributed by atoms with Gasteiger partial charge in [0.25, 0.3) is 30.1 Å². The Bertz CT molecular complexity index is 3550. The van der Waals surface area contributed by atoms with Crippen LogP contribution in [0.5, 0.6) is 0 Å². The van der Waals surface area contributed by atoms with Crippen LogP contribution in [0.25, 0.3) is 31.9 Å². The molecule has 2 aliphatic heterocycles. The van der Waals surface area contributed by atoms with Crippen LogP contribution in [0.1, 0.15) is 57.4 Å². The molecule has 7 aromatic rings. The Balaban J connectivity index is 0.000000308. The molecule has 2 unspecified atom stereocenters. The number of amides is 3. The minimum Gasteiger partial charge on any atom is -0.442 e. The monoisotopic (exact) mass is 1170 g/mol. The number of rotatable bonds is 13. The van der Waals surface area contributed by atoms with Crippen LogP contribution in [-0.4, -0.2) is 130 Å². The zero-order valence-corrected chi connectivity index (χ0v) is 47.6. The van der Waals surface area contributed by atoms with E-state index >= 15 is 0 Å². The Labute approximate surface area is 457 Å². The average Bonchev–Trinajstić information content (AvgIpc) is 4.21. The summed E-state index contributed by atoms with van der Waals surface area (Å²) in [6.45, 7) is 16.1. The molecule has 0 aliphatic carbocycles. The molecule has 9 rings (SSSR count). The van der Waals surface area contributed by atoms with E-state index in [0.717, 1.165) is 0 Å². The van der Waals surface area contributed by atoms with Crippen molar-refractivity contribution in [1.29, 1.82) is 0 Å². The van der Waals surface area contributed by atoms with Crippen LogP contribution in [0.3, 0.4) is 0 Å². The van der Waals surface area contributed by atoms with Gasteiger partial charge in [0.05, 0.1) is 43.9 Å². The zero-order valence-electron chi connectivity index (χ0n) is 42.7. The molecule has 76 heavy (non-hydrogen) atoms. The standard InChI is InChI=1S/C16H21N3O5S2.C16H15N3O4S2.C15H20N4O4S2.4H2/c1-9-7-19(8-10(2)23-9)26(21,22)14-6-5-13(24-14)15-11(3)17-16(25-15)18-12(4)20;1-10-15(24-16(17-10)18-11(2)20)13-8-9-14(23-13)25(21,22)19-12-6-4-3-5-7-12;1-10-14(24-15(16-10)17-11(2)20)12-4-5-13(23-12)25(21,22)19-8-6-18(3)7-9-19;;;;/h5-6,9-10H,7-8H2,1-4H3,(H,17,18,20);3-9,19H,1-2H3,(H,17,18,20);4-5H,6-9H2,1-3H3,(H,16,17,20);4*1H. The number of ether oxygens (including phenoxy) is 1. The summed E-state index contributed by atoms with van der Waals surface area (Å²) < 4.78 is 104. The SMILES string of the molecule is CC(=O)Nc1nc(C)c(-c2ccc(S(=O)(=O)N3CC(C)OC(C)C3)o2)s1.CC(=O)Nc1nc(C)c(-c2ccc(S(=O)(=O)N3CCN(C)CC3)o2)s1.CC(=O)Nc1nc(C)c(-c2ccc(S(=O)(=O)Nc3ccccc3)o2)s1.[HH].[HH].[HH].[HH]. The first kappa shape index (κ1) is 57.6. The molecule has 0 spiro atoms. The minimum atomic E-state index is -3.83. The first-order valence-electron chi connectivity index (χ1n) is 23.3. The van der Waals surface area contributed by atoms with E-state index in [-0.39, 0.29) is 64.0 Å².